The van der Waals surface area contributed by atoms with E-state index in [1.54, 1.807) is 11.1 Å². The summed E-state index contributed by atoms with van der Waals surface area (Å²) in [5.41, 5.74) is 5.49. The highest BCUT2D eigenvalue weighted by atomic mass is 16.3. The minimum Gasteiger partial charge on any atom is -0.393 e. The molecule has 0 aromatic rings. The number of fused-ring (bicyclic) bond motifs is 4. The smallest absolute Gasteiger partial charge is 0.0596 e. The van der Waals surface area contributed by atoms with E-state index in [1.165, 1.54) is 51.4 Å². The first-order valence-corrected chi connectivity index (χ1v) is 8.29. The summed E-state index contributed by atoms with van der Waals surface area (Å²) >= 11 is 0. The van der Waals surface area contributed by atoms with Gasteiger partial charge >= 0.3 is 0 Å². The molecule has 4 atom stereocenters. The van der Waals surface area contributed by atoms with Crippen LogP contribution in [-0.2, 0) is 0 Å². The number of rotatable bonds is 0. The molecule has 0 aromatic carbocycles. The Morgan fingerprint density at radius 3 is 2.95 bits per heavy atom. The molecule has 2 saturated carbocycles. The fourth-order valence-electron chi connectivity index (χ4n) is 5.61. The predicted molar refractivity (Wildman–Crippen MR) is 77.8 cm³/mol. The van der Waals surface area contributed by atoms with Gasteiger partial charge in [-0.1, -0.05) is 18.6 Å². The van der Waals surface area contributed by atoms with E-state index in [-0.39, 0.29) is 11.5 Å². The van der Waals surface area contributed by atoms with Gasteiger partial charge in [-0.25, -0.2) is 0 Å². The first-order valence-electron chi connectivity index (χ1n) is 8.29. The number of aliphatic hydroxyl groups excluding tert-OH is 1. The largest absolute Gasteiger partial charge is 0.393 e. The molecule has 1 N–H and O–H groups in total. The molecule has 4 aliphatic carbocycles. The summed E-state index contributed by atoms with van der Waals surface area (Å²) < 4.78 is 0. The van der Waals surface area contributed by atoms with Crippen molar-refractivity contribution in [3.8, 4) is 0 Å². The number of aliphatic hydroxyl groups is 1. The summed E-state index contributed by atoms with van der Waals surface area (Å²) in [5.74, 6) is 1.57. The van der Waals surface area contributed by atoms with E-state index in [4.69, 9.17) is 0 Å². The SMILES string of the molecule is C[C@]12CCC3=C4CCCC=C4CC[C@H]3[C@@H]1CCC2O. The lowest BCUT2D eigenvalue weighted by Crippen LogP contribution is -2.41. The highest BCUT2D eigenvalue weighted by Crippen LogP contribution is 2.59. The molecule has 1 nitrogen and oxygen atoms in total. The van der Waals surface area contributed by atoms with E-state index in [9.17, 15) is 5.11 Å². The van der Waals surface area contributed by atoms with Crippen LogP contribution in [0.1, 0.15) is 64.7 Å². The Kier molecular flexibility index (Phi) is 2.71. The molecule has 4 rings (SSSR count). The Hall–Kier alpha value is -0.560. The fourth-order valence-corrected chi connectivity index (χ4v) is 5.61. The lowest BCUT2D eigenvalue weighted by atomic mass is 9.57. The Morgan fingerprint density at radius 2 is 2.05 bits per heavy atom. The second kappa shape index (κ2) is 4.22. The Morgan fingerprint density at radius 1 is 1.16 bits per heavy atom. The molecule has 1 unspecified atom stereocenters. The third-order valence-corrected chi connectivity index (χ3v) is 6.75. The fraction of sp³-hybridized carbons (Fsp3) is 0.778. The van der Waals surface area contributed by atoms with E-state index in [1.807, 2.05) is 5.57 Å². The summed E-state index contributed by atoms with van der Waals surface area (Å²) in [7, 11) is 0. The standard InChI is InChI=1S/C18H26O/c1-18-11-10-14-13-5-3-2-4-12(13)6-7-15(14)16(18)8-9-17(18)19/h4,15-17,19H,2-3,5-11H2,1H3/t15-,16+,17?,18+/m1/s1. The Labute approximate surface area is 116 Å². The van der Waals surface area contributed by atoms with Crippen molar-refractivity contribution in [1.29, 1.82) is 0 Å². The molecule has 104 valence electrons. The minimum absolute atomic E-state index is 0.0349. The molecule has 19 heavy (non-hydrogen) atoms. The van der Waals surface area contributed by atoms with E-state index >= 15 is 0 Å². The zero-order chi connectivity index (χ0) is 13.0. The van der Waals surface area contributed by atoms with Crippen LogP contribution in [0.3, 0.4) is 0 Å². The van der Waals surface area contributed by atoms with Gasteiger partial charge in [-0.05, 0) is 86.2 Å². The normalized spacial score (nSPS) is 45.4. The van der Waals surface area contributed by atoms with Crippen LogP contribution in [0.5, 0.6) is 0 Å². The number of hydrogen-bond acceptors (Lipinski definition) is 1. The van der Waals surface area contributed by atoms with Crippen LogP contribution in [-0.4, -0.2) is 11.2 Å². The van der Waals surface area contributed by atoms with Crippen molar-refractivity contribution in [2.45, 2.75) is 70.8 Å². The van der Waals surface area contributed by atoms with Gasteiger partial charge in [-0.2, -0.15) is 0 Å². The van der Waals surface area contributed by atoms with Crippen LogP contribution in [0.4, 0.5) is 0 Å². The summed E-state index contributed by atoms with van der Waals surface area (Å²) in [6.07, 6.45) is 13.9. The summed E-state index contributed by atoms with van der Waals surface area (Å²) in [4.78, 5) is 0. The van der Waals surface area contributed by atoms with Crippen LogP contribution in [0.2, 0.25) is 0 Å². The predicted octanol–water partition coefficient (Wildman–Crippen LogP) is 4.37. The first-order chi connectivity index (χ1) is 9.20. The van der Waals surface area contributed by atoms with Gasteiger partial charge in [0, 0.05) is 0 Å². The molecule has 0 heterocycles. The van der Waals surface area contributed by atoms with Crippen molar-refractivity contribution in [2.24, 2.45) is 17.3 Å². The quantitative estimate of drug-likeness (QED) is 0.684. The van der Waals surface area contributed by atoms with Crippen molar-refractivity contribution in [3.05, 3.63) is 22.8 Å². The topological polar surface area (TPSA) is 20.2 Å². The van der Waals surface area contributed by atoms with Gasteiger partial charge in [0.2, 0.25) is 0 Å². The van der Waals surface area contributed by atoms with E-state index < -0.39 is 0 Å². The van der Waals surface area contributed by atoms with Crippen LogP contribution in [0.25, 0.3) is 0 Å². The number of allylic oxidation sites excluding steroid dienone is 4. The second-order valence-corrected chi connectivity index (χ2v) is 7.48. The Balaban J connectivity index is 1.74. The highest BCUT2D eigenvalue weighted by Gasteiger charge is 2.52. The zero-order valence-corrected chi connectivity index (χ0v) is 12.1. The number of hydrogen-bond donors (Lipinski definition) is 1. The van der Waals surface area contributed by atoms with E-state index in [0.29, 0.717) is 0 Å². The summed E-state index contributed by atoms with van der Waals surface area (Å²) in [6.45, 7) is 2.36. The van der Waals surface area contributed by atoms with Crippen molar-refractivity contribution in [1.82, 2.24) is 0 Å². The zero-order valence-electron chi connectivity index (χ0n) is 12.1. The molecule has 0 bridgehead atoms. The van der Waals surface area contributed by atoms with Gasteiger partial charge in [0.1, 0.15) is 0 Å². The van der Waals surface area contributed by atoms with Gasteiger partial charge < -0.3 is 5.11 Å². The van der Waals surface area contributed by atoms with Gasteiger partial charge in [0.15, 0.2) is 0 Å². The van der Waals surface area contributed by atoms with Crippen LogP contribution in [0, 0.1) is 17.3 Å². The van der Waals surface area contributed by atoms with E-state index in [2.05, 4.69) is 13.0 Å². The van der Waals surface area contributed by atoms with Gasteiger partial charge in [-0.3, -0.25) is 0 Å². The maximum Gasteiger partial charge on any atom is 0.0596 e. The lowest BCUT2D eigenvalue weighted by Gasteiger charge is -2.48. The van der Waals surface area contributed by atoms with E-state index in [0.717, 1.165) is 18.3 Å². The van der Waals surface area contributed by atoms with Gasteiger partial charge in [0.05, 0.1) is 6.10 Å². The molecule has 0 saturated heterocycles. The van der Waals surface area contributed by atoms with Crippen molar-refractivity contribution >= 4 is 0 Å². The van der Waals surface area contributed by atoms with Crippen molar-refractivity contribution in [3.63, 3.8) is 0 Å². The third-order valence-electron chi connectivity index (χ3n) is 6.75. The second-order valence-electron chi connectivity index (χ2n) is 7.48. The maximum absolute atomic E-state index is 10.4. The summed E-state index contributed by atoms with van der Waals surface area (Å²) in [5, 5.41) is 10.4. The molecule has 0 aromatic heterocycles. The highest BCUT2D eigenvalue weighted by molar-refractivity contribution is 5.42. The van der Waals surface area contributed by atoms with Crippen LogP contribution in [0.15, 0.2) is 22.8 Å². The van der Waals surface area contributed by atoms with Crippen molar-refractivity contribution in [2.75, 3.05) is 0 Å². The van der Waals surface area contributed by atoms with Crippen LogP contribution < -0.4 is 0 Å². The monoisotopic (exact) mass is 258 g/mol. The molecule has 0 spiro atoms. The average molecular weight is 258 g/mol. The van der Waals surface area contributed by atoms with Gasteiger partial charge in [-0.15, -0.1) is 0 Å². The molecule has 1 heteroatoms. The molecular weight excluding hydrogens is 232 g/mol. The molecule has 0 amide bonds. The van der Waals surface area contributed by atoms with Gasteiger partial charge in [0.25, 0.3) is 0 Å². The Bertz CT molecular complexity index is 458. The van der Waals surface area contributed by atoms with Crippen molar-refractivity contribution < 1.29 is 5.11 Å². The molecule has 4 aliphatic rings. The lowest BCUT2D eigenvalue weighted by molar-refractivity contribution is 0.00315. The average Bonchev–Trinajstić information content (AvgIpc) is 2.75. The molecular formula is C18H26O. The van der Waals surface area contributed by atoms with Crippen LogP contribution >= 0.6 is 0 Å². The maximum atomic E-state index is 10.4. The first kappa shape index (κ1) is 12.2. The molecule has 0 aliphatic heterocycles. The summed E-state index contributed by atoms with van der Waals surface area (Å²) in [6, 6.07) is 0. The molecule has 0 radical (unpaired) electrons. The minimum atomic E-state index is -0.0349. The third kappa shape index (κ3) is 1.63. The molecule has 2 fully saturated rings.